The van der Waals surface area contributed by atoms with Crippen molar-refractivity contribution in [2.45, 2.75) is 19.8 Å². The highest BCUT2D eigenvalue weighted by atomic mass is 35.5. The lowest BCUT2D eigenvalue weighted by Crippen LogP contribution is -2.41. The quantitative estimate of drug-likeness (QED) is 0.798. The number of hydrogen-bond acceptors (Lipinski definition) is 3. The van der Waals surface area contributed by atoms with Crippen LogP contribution in [0.25, 0.3) is 0 Å². The molecule has 4 nitrogen and oxygen atoms in total. The fourth-order valence-electron chi connectivity index (χ4n) is 2.40. The van der Waals surface area contributed by atoms with Gasteiger partial charge in [-0.05, 0) is 30.9 Å². The SMILES string of the molecule is CC1CCCN(C(=O)COC(=O)c2c(Cl)cccc2Cl)C1. The third-order valence-corrected chi connectivity index (χ3v) is 4.13. The maximum Gasteiger partial charge on any atom is 0.341 e. The van der Waals surface area contributed by atoms with Gasteiger partial charge in [0.1, 0.15) is 0 Å². The van der Waals surface area contributed by atoms with Crippen LogP contribution in [-0.2, 0) is 9.53 Å². The maximum atomic E-state index is 12.0. The van der Waals surface area contributed by atoms with E-state index in [2.05, 4.69) is 6.92 Å². The van der Waals surface area contributed by atoms with E-state index in [9.17, 15) is 9.59 Å². The summed E-state index contributed by atoms with van der Waals surface area (Å²) in [5.74, 6) is -0.376. The molecule has 1 aromatic rings. The van der Waals surface area contributed by atoms with Crippen molar-refractivity contribution in [3.8, 4) is 0 Å². The highest BCUT2D eigenvalue weighted by Crippen LogP contribution is 2.25. The van der Waals surface area contributed by atoms with Crippen LogP contribution in [0, 0.1) is 5.92 Å². The van der Waals surface area contributed by atoms with Gasteiger partial charge < -0.3 is 9.64 Å². The van der Waals surface area contributed by atoms with Crippen LogP contribution in [0.2, 0.25) is 10.0 Å². The summed E-state index contributed by atoms with van der Waals surface area (Å²) in [5, 5.41) is 0.429. The van der Waals surface area contributed by atoms with Gasteiger partial charge in [0.25, 0.3) is 5.91 Å². The van der Waals surface area contributed by atoms with Crippen LogP contribution in [-0.4, -0.2) is 36.5 Å². The van der Waals surface area contributed by atoms with Crippen LogP contribution >= 0.6 is 23.2 Å². The molecule has 0 spiro atoms. The topological polar surface area (TPSA) is 46.6 Å². The van der Waals surface area contributed by atoms with Crippen LogP contribution in [0.5, 0.6) is 0 Å². The van der Waals surface area contributed by atoms with Gasteiger partial charge in [-0.25, -0.2) is 4.79 Å². The third kappa shape index (κ3) is 4.11. The molecule has 0 bridgehead atoms. The fourth-order valence-corrected chi connectivity index (χ4v) is 2.95. The standard InChI is InChI=1S/C15H17Cl2NO3/c1-10-4-3-7-18(8-10)13(19)9-21-15(20)14-11(16)5-2-6-12(14)17/h2,5-6,10H,3-4,7-9H2,1H3. The summed E-state index contributed by atoms with van der Waals surface area (Å²) in [6.45, 7) is 3.25. The number of nitrogens with zero attached hydrogens (tertiary/aromatic N) is 1. The van der Waals surface area contributed by atoms with Gasteiger partial charge in [0.05, 0.1) is 15.6 Å². The first-order valence-electron chi connectivity index (χ1n) is 6.88. The van der Waals surface area contributed by atoms with Crippen LogP contribution in [0.4, 0.5) is 0 Å². The number of amides is 1. The summed E-state index contributed by atoms with van der Waals surface area (Å²) in [7, 11) is 0. The molecule has 0 radical (unpaired) electrons. The number of benzene rings is 1. The summed E-state index contributed by atoms with van der Waals surface area (Å²) in [6.07, 6.45) is 2.11. The van der Waals surface area contributed by atoms with Gasteiger partial charge in [0.15, 0.2) is 6.61 Å². The molecule has 0 aliphatic carbocycles. The van der Waals surface area contributed by atoms with E-state index in [4.69, 9.17) is 27.9 Å². The molecule has 1 aliphatic rings. The van der Waals surface area contributed by atoms with Crippen molar-refractivity contribution in [2.24, 2.45) is 5.92 Å². The normalized spacial score (nSPS) is 18.4. The monoisotopic (exact) mass is 329 g/mol. The van der Waals surface area contributed by atoms with E-state index in [1.165, 1.54) is 0 Å². The minimum Gasteiger partial charge on any atom is -0.452 e. The van der Waals surface area contributed by atoms with Crippen molar-refractivity contribution < 1.29 is 14.3 Å². The van der Waals surface area contributed by atoms with Crippen LogP contribution < -0.4 is 0 Å². The Morgan fingerprint density at radius 3 is 2.62 bits per heavy atom. The predicted octanol–water partition coefficient (Wildman–Crippen LogP) is 3.41. The van der Waals surface area contributed by atoms with Crippen LogP contribution in [0.1, 0.15) is 30.1 Å². The second-order valence-electron chi connectivity index (χ2n) is 5.26. The molecule has 21 heavy (non-hydrogen) atoms. The molecule has 2 rings (SSSR count). The first kappa shape index (κ1) is 16.1. The Hall–Kier alpha value is -1.26. The Labute approximate surface area is 134 Å². The highest BCUT2D eigenvalue weighted by Gasteiger charge is 2.23. The molecule has 1 atom stereocenters. The number of halogens is 2. The highest BCUT2D eigenvalue weighted by molar-refractivity contribution is 6.39. The lowest BCUT2D eigenvalue weighted by molar-refractivity contribution is -0.136. The largest absolute Gasteiger partial charge is 0.452 e. The molecule has 1 unspecified atom stereocenters. The fraction of sp³-hybridized carbons (Fsp3) is 0.467. The van der Waals surface area contributed by atoms with Gasteiger partial charge in [-0.15, -0.1) is 0 Å². The first-order valence-corrected chi connectivity index (χ1v) is 7.63. The molecular formula is C15H17Cl2NO3. The van der Waals surface area contributed by atoms with Crippen molar-refractivity contribution in [1.29, 1.82) is 0 Å². The molecular weight excluding hydrogens is 313 g/mol. The molecule has 1 heterocycles. The predicted molar refractivity (Wildman–Crippen MR) is 81.7 cm³/mol. The smallest absolute Gasteiger partial charge is 0.341 e. The van der Waals surface area contributed by atoms with E-state index < -0.39 is 5.97 Å². The number of rotatable bonds is 3. The van der Waals surface area contributed by atoms with Gasteiger partial charge in [-0.3, -0.25) is 4.79 Å². The number of carbonyl (C=O) groups excluding carboxylic acids is 2. The molecule has 1 aliphatic heterocycles. The Balaban J connectivity index is 1.93. The molecule has 0 aromatic heterocycles. The molecule has 1 aromatic carbocycles. The molecule has 1 amide bonds. The minimum atomic E-state index is -0.677. The van der Waals surface area contributed by atoms with E-state index in [0.29, 0.717) is 19.0 Å². The Bertz CT molecular complexity index is 527. The van der Waals surface area contributed by atoms with Gasteiger partial charge in [-0.2, -0.15) is 0 Å². The summed E-state index contributed by atoms with van der Waals surface area (Å²) >= 11 is 11.9. The lowest BCUT2D eigenvalue weighted by atomic mass is 10.0. The van der Waals surface area contributed by atoms with Crippen molar-refractivity contribution in [1.82, 2.24) is 4.90 Å². The number of hydrogen-bond donors (Lipinski definition) is 0. The number of esters is 1. The van der Waals surface area contributed by atoms with Gasteiger partial charge in [-0.1, -0.05) is 36.2 Å². The Kier molecular flexibility index (Phi) is 5.48. The third-order valence-electron chi connectivity index (χ3n) is 3.50. The summed E-state index contributed by atoms with van der Waals surface area (Å²) in [4.78, 5) is 25.7. The average Bonchev–Trinajstić information content (AvgIpc) is 2.44. The van der Waals surface area contributed by atoms with Crippen molar-refractivity contribution >= 4 is 35.1 Å². The maximum absolute atomic E-state index is 12.0. The van der Waals surface area contributed by atoms with Crippen LogP contribution in [0.15, 0.2) is 18.2 Å². The van der Waals surface area contributed by atoms with Crippen molar-refractivity contribution in [3.63, 3.8) is 0 Å². The van der Waals surface area contributed by atoms with Gasteiger partial charge in [0, 0.05) is 13.1 Å². The Morgan fingerprint density at radius 2 is 2.00 bits per heavy atom. The summed E-state index contributed by atoms with van der Waals surface area (Å²) in [5.41, 5.74) is 0.0978. The molecule has 1 fully saturated rings. The number of likely N-dealkylation sites (tertiary alicyclic amines) is 1. The summed E-state index contributed by atoms with van der Waals surface area (Å²) < 4.78 is 5.04. The second kappa shape index (κ2) is 7.14. The molecule has 1 saturated heterocycles. The molecule has 0 saturated carbocycles. The minimum absolute atomic E-state index is 0.0978. The zero-order chi connectivity index (χ0) is 15.4. The number of carbonyl (C=O) groups is 2. The van der Waals surface area contributed by atoms with Gasteiger partial charge in [0.2, 0.25) is 0 Å². The van der Waals surface area contributed by atoms with E-state index in [1.54, 1.807) is 23.1 Å². The van der Waals surface area contributed by atoms with Crippen LogP contribution in [0.3, 0.4) is 0 Å². The molecule has 6 heteroatoms. The molecule has 0 N–H and O–H groups in total. The molecule has 114 valence electrons. The van der Waals surface area contributed by atoms with Crippen molar-refractivity contribution in [2.75, 3.05) is 19.7 Å². The van der Waals surface area contributed by atoms with E-state index >= 15 is 0 Å². The lowest BCUT2D eigenvalue weighted by Gasteiger charge is -2.30. The van der Waals surface area contributed by atoms with Gasteiger partial charge >= 0.3 is 5.97 Å². The number of ether oxygens (including phenoxy) is 1. The number of piperidine rings is 1. The Morgan fingerprint density at radius 1 is 1.33 bits per heavy atom. The average molecular weight is 330 g/mol. The second-order valence-corrected chi connectivity index (χ2v) is 6.07. The van der Waals surface area contributed by atoms with Crippen molar-refractivity contribution in [3.05, 3.63) is 33.8 Å². The summed E-state index contributed by atoms with van der Waals surface area (Å²) in [6, 6.07) is 4.75. The zero-order valence-electron chi connectivity index (χ0n) is 11.8. The van der Waals surface area contributed by atoms with E-state index in [0.717, 1.165) is 12.8 Å². The van der Waals surface area contributed by atoms with E-state index in [1.807, 2.05) is 0 Å². The first-order chi connectivity index (χ1) is 9.99. The zero-order valence-corrected chi connectivity index (χ0v) is 13.3. The van der Waals surface area contributed by atoms with E-state index in [-0.39, 0.29) is 28.1 Å².